The molecule has 92 valence electrons. The number of aromatic hydroxyl groups is 1. The third-order valence-electron chi connectivity index (χ3n) is 3.73. The van der Waals surface area contributed by atoms with E-state index >= 15 is 0 Å². The molecule has 0 atom stereocenters. The van der Waals surface area contributed by atoms with E-state index < -0.39 is 11.4 Å². The Hall–Kier alpha value is -1.71. The van der Waals surface area contributed by atoms with Gasteiger partial charge in [-0.05, 0) is 49.4 Å². The molecule has 0 spiro atoms. The van der Waals surface area contributed by atoms with E-state index in [0.29, 0.717) is 24.2 Å². The second-order valence-corrected chi connectivity index (χ2v) is 4.61. The van der Waals surface area contributed by atoms with E-state index in [2.05, 4.69) is 0 Å². The molecule has 0 saturated heterocycles. The predicted molar refractivity (Wildman–Crippen MR) is 62.7 cm³/mol. The Morgan fingerprint density at radius 2 is 1.94 bits per heavy atom. The van der Waals surface area contributed by atoms with Crippen molar-refractivity contribution >= 4 is 5.97 Å². The van der Waals surface area contributed by atoms with Crippen molar-refractivity contribution in [1.82, 2.24) is 0 Å². The first-order valence-corrected chi connectivity index (χ1v) is 5.55. The van der Waals surface area contributed by atoms with E-state index in [-0.39, 0.29) is 5.75 Å². The zero-order valence-corrected chi connectivity index (χ0v) is 10.2. The first kappa shape index (κ1) is 11.8. The summed E-state index contributed by atoms with van der Waals surface area (Å²) < 4.78 is 5.08. The Balaban J connectivity index is 2.63. The molecule has 0 bridgehead atoms. The maximum absolute atomic E-state index is 11.3. The highest BCUT2D eigenvalue weighted by Gasteiger charge is 2.53. The zero-order chi connectivity index (χ0) is 12.8. The summed E-state index contributed by atoms with van der Waals surface area (Å²) in [4.78, 5) is 11.3. The van der Waals surface area contributed by atoms with Crippen molar-refractivity contribution in [3.05, 3.63) is 22.8 Å². The van der Waals surface area contributed by atoms with Crippen LogP contribution in [0.1, 0.15) is 29.5 Å². The largest absolute Gasteiger partial charge is 0.504 e. The summed E-state index contributed by atoms with van der Waals surface area (Å²) >= 11 is 0. The Morgan fingerprint density at radius 1 is 1.35 bits per heavy atom. The molecule has 4 heteroatoms. The van der Waals surface area contributed by atoms with Crippen LogP contribution in [0.15, 0.2) is 6.07 Å². The summed E-state index contributed by atoms with van der Waals surface area (Å²) in [6.07, 6.45) is 1.30. The molecular weight excluding hydrogens is 220 g/mol. The highest BCUT2D eigenvalue weighted by Crippen LogP contribution is 2.52. The Morgan fingerprint density at radius 3 is 2.35 bits per heavy atom. The predicted octanol–water partition coefficient (Wildman–Crippen LogP) is 2.13. The Bertz CT molecular complexity index is 487. The van der Waals surface area contributed by atoms with E-state index in [9.17, 15) is 15.0 Å². The van der Waals surface area contributed by atoms with Gasteiger partial charge in [-0.15, -0.1) is 0 Å². The average molecular weight is 236 g/mol. The van der Waals surface area contributed by atoms with Crippen molar-refractivity contribution in [3.63, 3.8) is 0 Å². The van der Waals surface area contributed by atoms with Gasteiger partial charge in [-0.2, -0.15) is 0 Å². The van der Waals surface area contributed by atoms with Crippen LogP contribution in [-0.2, 0) is 10.2 Å². The summed E-state index contributed by atoms with van der Waals surface area (Å²) in [5, 5.41) is 19.2. The van der Waals surface area contributed by atoms with E-state index in [1.54, 1.807) is 13.0 Å². The number of methoxy groups -OCH3 is 1. The SMILES string of the molecule is COc1cc(C2(C(=O)O)CC2)c(C)c(C)c1O. The van der Waals surface area contributed by atoms with Crippen LogP contribution in [0.25, 0.3) is 0 Å². The number of hydrogen-bond acceptors (Lipinski definition) is 3. The molecule has 0 radical (unpaired) electrons. The van der Waals surface area contributed by atoms with Crippen LogP contribution in [-0.4, -0.2) is 23.3 Å². The van der Waals surface area contributed by atoms with Gasteiger partial charge in [-0.1, -0.05) is 0 Å². The Labute approximate surface area is 99.8 Å². The molecule has 0 amide bonds. The van der Waals surface area contributed by atoms with Crippen LogP contribution in [0.3, 0.4) is 0 Å². The van der Waals surface area contributed by atoms with Gasteiger partial charge in [0.05, 0.1) is 12.5 Å². The molecule has 0 unspecified atom stereocenters. The highest BCUT2D eigenvalue weighted by molar-refractivity contribution is 5.86. The number of benzene rings is 1. The number of phenolic OH excluding ortho intramolecular Hbond substituents is 1. The average Bonchev–Trinajstić information content (AvgIpc) is 3.08. The van der Waals surface area contributed by atoms with Gasteiger partial charge in [0.15, 0.2) is 11.5 Å². The van der Waals surface area contributed by atoms with Gasteiger partial charge in [-0.3, -0.25) is 4.79 Å². The summed E-state index contributed by atoms with van der Waals surface area (Å²) in [7, 11) is 1.47. The number of carboxylic acids is 1. The second-order valence-electron chi connectivity index (χ2n) is 4.61. The molecular formula is C13H16O4. The van der Waals surface area contributed by atoms with Gasteiger partial charge in [0.25, 0.3) is 0 Å². The molecule has 1 aromatic rings. The molecule has 1 saturated carbocycles. The molecule has 0 aliphatic heterocycles. The van der Waals surface area contributed by atoms with E-state index in [1.165, 1.54) is 7.11 Å². The van der Waals surface area contributed by atoms with Gasteiger partial charge in [0, 0.05) is 0 Å². The molecule has 0 aromatic heterocycles. The molecule has 4 nitrogen and oxygen atoms in total. The zero-order valence-electron chi connectivity index (χ0n) is 10.2. The monoisotopic (exact) mass is 236 g/mol. The second kappa shape index (κ2) is 3.65. The van der Waals surface area contributed by atoms with Gasteiger partial charge < -0.3 is 14.9 Å². The van der Waals surface area contributed by atoms with E-state index in [0.717, 1.165) is 11.1 Å². The van der Waals surface area contributed by atoms with Gasteiger partial charge >= 0.3 is 5.97 Å². The maximum atomic E-state index is 11.3. The number of carbonyl (C=O) groups is 1. The number of phenols is 1. The van der Waals surface area contributed by atoms with E-state index in [4.69, 9.17) is 4.74 Å². The molecule has 0 heterocycles. The molecule has 1 aliphatic carbocycles. The van der Waals surface area contributed by atoms with Crippen LogP contribution in [0.2, 0.25) is 0 Å². The third-order valence-corrected chi connectivity index (χ3v) is 3.73. The van der Waals surface area contributed by atoms with Crippen molar-refractivity contribution in [2.75, 3.05) is 7.11 Å². The third kappa shape index (κ3) is 1.55. The normalized spacial score (nSPS) is 16.6. The number of hydrogen-bond donors (Lipinski definition) is 2. The molecule has 1 aromatic carbocycles. The smallest absolute Gasteiger partial charge is 0.314 e. The van der Waals surface area contributed by atoms with E-state index in [1.807, 2.05) is 6.92 Å². The molecule has 1 aliphatic rings. The lowest BCUT2D eigenvalue weighted by molar-refractivity contribution is -0.140. The Kier molecular flexibility index (Phi) is 2.53. The minimum absolute atomic E-state index is 0.0925. The lowest BCUT2D eigenvalue weighted by atomic mass is 9.89. The quantitative estimate of drug-likeness (QED) is 0.843. The topological polar surface area (TPSA) is 66.8 Å². The van der Waals surface area contributed by atoms with Crippen LogP contribution in [0.4, 0.5) is 0 Å². The number of ether oxygens (including phenoxy) is 1. The minimum atomic E-state index is -0.798. The fourth-order valence-electron chi connectivity index (χ4n) is 2.25. The lowest BCUT2D eigenvalue weighted by Crippen LogP contribution is -2.21. The minimum Gasteiger partial charge on any atom is -0.504 e. The maximum Gasteiger partial charge on any atom is 0.314 e. The molecule has 2 N–H and O–H groups in total. The number of rotatable bonds is 3. The molecule has 17 heavy (non-hydrogen) atoms. The van der Waals surface area contributed by atoms with Crippen LogP contribution >= 0.6 is 0 Å². The summed E-state index contributed by atoms with van der Waals surface area (Å²) in [6.45, 7) is 3.61. The van der Waals surface area contributed by atoms with Crippen molar-refractivity contribution in [2.24, 2.45) is 0 Å². The van der Waals surface area contributed by atoms with Gasteiger partial charge in [0.1, 0.15) is 0 Å². The highest BCUT2D eigenvalue weighted by atomic mass is 16.5. The standard InChI is InChI=1S/C13H16O4/c1-7-8(2)11(14)10(17-3)6-9(7)13(4-5-13)12(15)16/h6,14H,4-5H2,1-3H3,(H,15,16). The van der Waals surface area contributed by atoms with Crippen molar-refractivity contribution in [2.45, 2.75) is 32.1 Å². The summed E-state index contributed by atoms with van der Waals surface area (Å²) in [6, 6.07) is 1.65. The first-order chi connectivity index (χ1) is 7.94. The fourth-order valence-corrected chi connectivity index (χ4v) is 2.25. The van der Waals surface area contributed by atoms with Crippen molar-refractivity contribution < 1.29 is 19.7 Å². The lowest BCUT2D eigenvalue weighted by Gasteiger charge is -2.18. The number of aliphatic carboxylic acids is 1. The van der Waals surface area contributed by atoms with Gasteiger partial charge in [0.2, 0.25) is 0 Å². The van der Waals surface area contributed by atoms with Crippen LogP contribution < -0.4 is 4.74 Å². The summed E-state index contributed by atoms with van der Waals surface area (Å²) in [5.74, 6) is -0.363. The summed E-state index contributed by atoms with van der Waals surface area (Å²) in [5.41, 5.74) is 1.52. The van der Waals surface area contributed by atoms with Gasteiger partial charge in [-0.25, -0.2) is 0 Å². The van der Waals surface area contributed by atoms with Crippen molar-refractivity contribution in [1.29, 1.82) is 0 Å². The fraction of sp³-hybridized carbons (Fsp3) is 0.462. The molecule has 1 fully saturated rings. The molecule has 2 rings (SSSR count). The first-order valence-electron chi connectivity index (χ1n) is 5.55. The van der Waals surface area contributed by atoms with Crippen LogP contribution in [0, 0.1) is 13.8 Å². The number of carboxylic acid groups (broad SMARTS) is 1. The van der Waals surface area contributed by atoms with Crippen LogP contribution in [0.5, 0.6) is 11.5 Å². The van der Waals surface area contributed by atoms with Crippen molar-refractivity contribution in [3.8, 4) is 11.5 Å².